The van der Waals surface area contributed by atoms with Crippen molar-refractivity contribution in [3.63, 3.8) is 0 Å². The third-order valence-electron chi connectivity index (χ3n) is 4.15. The maximum atomic E-state index is 13.8. The molecule has 0 spiro atoms. The Bertz CT molecular complexity index is 1130. The molecule has 0 saturated carbocycles. The number of hydrogen-bond acceptors (Lipinski definition) is 4. The average Bonchev–Trinajstić information content (AvgIpc) is 3.32. The molecule has 0 radical (unpaired) electrons. The number of anilines is 1. The Labute approximate surface area is 163 Å². The maximum Gasteiger partial charge on any atom is 0.262 e. The van der Waals surface area contributed by atoms with Crippen molar-refractivity contribution < 1.29 is 13.6 Å². The number of aryl methyl sites for hydroxylation is 1. The molecule has 0 aliphatic rings. The van der Waals surface area contributed by atoms with Crippen molar-refractivity contribution in [3.05, 3.63) is 77.3 Å². The van der Waals surface area contributed by atoms with Crippen molar-refractivity contribution >= 4 is 23.1 Å². The molecule has 0 fully saturated rings. The molecule has 0 aliphatic heterocycles. The second kappa shape index (κ2) is 7.32. The van der Waals surface area contributed by atoms with E-state index >= 15 is 0 Å². The van der Waals surface area contributed by atoms with Crippen molar-refractivity contribution in [3.8, 4) is 21.8 Å². The lowest BCUT2D eigenvalue weighted by Crippen LogP contribution is -2.16. The van der Waals surface area contributed by atoms with Gasteiger partial charge in [0.15, 0.2) is 5.82 Å². The van der Waals surface area contributed by atoms with E-state index in [1.54, 1.807) is 24.0 Å². The second-order valence-corrected chi connectivity index (χ2v) is 6.90. The third-order valence-corrected chi connectivity index (χ3v) is 4.97. The third kappa shape index (κ3) is 3.41. The molecule has 1 amide bonds. The minimum absolute atomic E-state index is 0.199. The Morgan fingerprint density at radius 3 is 2.50 bits per heavy atom. The number of hydrogen-bond donors (Lipinski definition) is 1. The molecule has 2 aromatic carbocycles. The molecule has 5 nitrogen and oxygen atoms in total. The number of nitrogens with zero attached hydrogens (tertiary/aromatic N) is 3. The van der Waals surface area contributed by atoms with Gasteiger partial charge in [-0.05, 0) is 18.2 Å². The van der Waals surface area contributed by atoms with Gasteiger partial charge in [0.2, 0.25) is 0 Å². The Balaban J connectivity index is 1.63. The first kappa shape index (κ1) is 18.0. The first-order chi connectivity index (χ1) is 13.5. The minimum Gasteiger partial charge on any atom is -0.305 e. The van der Waals surface area contributed by atoms with Gasteiger partial charge in [0.1, 0.15) is 22.2 Å². The molecule has 28 heavy (non-hydrogen) atoms. The Morgan fingerprint density at radius 1 is 1.07 bits per heavy atom. The monoisotopic (exact) mass is 396 g/mol. The second-order valence-electron chi connectivity index (χ2n) is 6.01. The number of carbonyl (C=O) groups is 1. The molecular formula is C20H14F2N4OS. The number of nitrogens with one attached hydrogen (secondary N) is 1. The number of rotatable bonds is 4. The molecule has 8 heteroatoms. The van der Waals surface area contributed by atoms with E-state index in [9.17, 15) is 13.6 Å². The normalized spacial score (nSPS) is 10.8. The lowest BCUT2D eigenvalue weighted by atomic mass is 10.1. The van der Waals surface area contributed by atoms with Gasteiger partial charge in [0, 0.05) is 35.8 Å². The highest BCUT2D eigenvalue weighted by atomic mass is 32.1. The molecule has 0 unspecified atom stereocenters. The van der Waals surface area contributed by atoms with Crippen LogP contribution in [0.25, 0.3) is 21.8 Å². The number of halogens is 2. The van der Waals surface area contributed by atoms with Crippen LogP contribution in [0.5, 0.6) is 0 Å². The Kier molecular flexibility index (Phi) is 4.70. The van der Waals surface area contributed by atoms with E-state index in [1.807, 2.05) is 29.6 Å². The van der Waals surface area contributed by atoms with Crippen molar-refractivity contribution in [2.45, 2.75) is 0 Å². The molecule has 4 aromatic rings. The Morgan fingerprint density at radius 2 is 1.79 bits per heavy atom. The Hall–Kier alpha value is -3.39. The molecular weight excluding hydrogens is 382 g/mol. The molecule has 4 rings (SSSR count). The van der Waals surface area contributed by atoms with Gasteiger partial charge in [-0.2, -0.15) is 5.10 Å². The van der Waals surface area contributed by atoms with Crippen LogP contribution in [0.2, 0.25) is 0 Å². The maximum absolute atomic E-state index is 13.8. The zero-order chi connectivity index (χ0) is 19.7. The predicted octanol–water partition coefficient (Wildman–Crippen LogP) is 4.74. The van der Waals surface area contributed by atoms with Crippen LogP contribution >= 0.6 is 11.3 Å². The molecule has 0 atom stereocenters. The molecule has 0 bridgehead atoms. The fraction of sp³-hybridized carbons (Fsp3) is 0.0500. The predicted molar refractivity (Wildman–Crippen MR) is 104 cm³/mol. The lowest BCUT2D eigenvalue weighted by molar-refractivity contribution is 0.101. The summed E-state index contributed by atoms with van der Waals surface area (Å²) in [7, 11) is 1.73. The summed E-state index contributed by atoms with van der Waals surface area (Å²) in [6.45, 7) is 0. The first-order valence-electron chi connectivity index (χ1n) is 8.32. The van der Waals surface area contributed by atoms with Crippen molar-refractivity contribution in [2.24, 2.45) is 7.05 Å². The fourth-order valence-electron chi connectivity index (χ4n) is 2.87. The highest BCUT2D eigenvalue weighted by Gasteiger charge is 2.19. The van der Waals surface area contributed by atoms with Gasteiger partial charge in [-0.25, -0.2) is 13.8 Å². The van der Waals surface area contributed by atoms with Crippen LogP contribution in [0.4, 0.5) is 14.6 Å². The van der Waals surface area contributed by atoms with Gasteiger partial charge in [-0.15, -0.1) is 11.3 Å². The van der Waals surface area contributed by atoms with Crippen LogP contribution in [-0.4, -0.2) is 20.7 Å². The van der Waals surface area contributed by atoms with E-state index in [-0.39, 0.29) is 5.82 Å². The van der Waals surface area contributed by atoms with Crippen LogP contribution in [-0.2, 0) is 7.05 Å². The largest absolute Gasteiger partial charge is 0.305 e. The first-order valence-corrected chi connectivity index (χ1v) is 9.20. The highest BCUT2D eigenvalue weighted by Crippen LogP contribution is 2.28. The smallest absolute Gasteiger partial charge is 0.262 e. The lowest BCUT2D eigenvalue weighted by Gasteiger charge is -2.04. The van der Waals surface area contributed by atoms with Crippen molar-refractivity contribution in [1.82, 2.24) is 14.8 Å². The summed E-state index contributed by atoms with van der Waals surface area (Å²) in [6, 6.07) is 12.7. The molecule has 140 valence electrons. The van der Waals surface area contributed by atoms with Gasteiger partial charge in [0.25, 0.3) is 5.91 Å². The summed E-state index contributed by atoms with van der Waals surface area (Å²) in [6.07, 6.45) is 1.74. The number of carbonyl (C=O) groups excluding carboxylic acids is 1. The summed E-state index contributed by atoms with van der Waals surface area (Å²) in [5.41, 5.74) is 1.94. The number of thiazole rings is 1. The van der Waals surface area contributed by atoms with Crippen LogP contribution in [0.15, 0.2) is 60.1 Å². The quantitative estimate of drug-likeness (QED) is 0.542. The van der Waals surface area contributed by atoms with E-state index in [1.165, 1.54) is 17.4 Å². The van der Waals surface area contributed by atoms with Crippen LogP contribution in [0.1, 0.15) is 10.4 Å². The standard InChI is InChI=1S/C20H14F2N4OS/c1-26-16(12-4-2-5-13(10-12)20-23-8-9-28-20)11-17(25-26)24-19(27)18-14(21)6-3-7-15(18)22/h2-11H,1H3,(H,24,25,27). The van der Waals surface area contributed by atoms with E-state index in [0.29, 0.717) is 0 Å². The van der Waals surface area contributed by atoms with E-state index in [4.69, 9.17) is 0 Å². The zero-order valence-electron chi connectivity index (χ0n) is 14.7. The van der Waals surface area contributed by atoms with E-state index in [2.05, 4.69) is 15.4 Å². The van der Waals surface area contributed by atoms with Gasteiger partial charge >= 0.3 is 0 Å². The van der Waals surface area contributed by atoms with Gasteiger partial charge in [-0.3, -0.25) is 9.48 Å². The van der Waals surface area contributed by atoms with Gasteiger partial charge in [0.05, 0.1) is 5.69 Å². The summed E-state index contributed by atoms with van der Waals surface area (Å²) < 4.78 is 29.2. The summed E-state index contributed by atoms with van der Waals surface area (Å²) in [4.78, 5) is 16.6. The van der Waals surface area contributed by atoms with Gasteiger partial charge < -0.3 is 5.32 Å². The minimum atomic E-state index is -0.926. The summed E-state index contributed by atoms with van der Waals surface area (Å²) in [5.74, 6) is -2.55. The summed E-state index contributed by atoms with van der Waals surface area (Å²) >= 11 is 1.54. The number of aromatic nitrogens is 3. The van der Waals surface area contributed by atoms with E-state index in [0.717, 1.165) is 34.0 Å². The van der Waals surface area contributed by atoms with Crippen LogP contribution in [0.3, 0.4) is 0 Å². The van der Waals surface area contributed by atoms with Crippen LogP contribution < -0.4 is 5.32 Å². The zero-order valence-corrected chi connectivity index (χ0v) is 15.5. The van der Waals surface area contributed by atoms with Crippen LogP contribution in [0, 0.1) is 11.6 Å². The SMILES string of the molecule is Cn1nc(NC(=O)c2c(F)cccc2F)cc1-c1cccc(-c2nccs2)c1. The highest BCUT2D eigenvalue weighted by molar-refractivity contribution is 7.13. The molecule has 2 aromatic heterocycles. The van der Waals surface area contributed by atoms with Gasteiger partial charge in [-0.1, -0.05) is 24.3 Å². The molecule has 0 saturated heterocycles. The van der Waals surface area contributed by atoms with Crippen molar-refractivity contribution in [2.75, 3.05) is 5.32 Å². The average molecular weight is 396 g/mol. The molecule has 1 N–H and O–H groups in total. The number of benzene rings is 2. The molecule has 0 aliphatic carbocycles. The molecule has 2 heterocycles. The van der Waals surface area contributed by atoms with Crippen molar-refractivity contribution in [1.29, 1.82) is 0 Å². The topological polar surface area (TPSA) is 59.8 Å². The number of amides is 1. The summed E-state index contributed by atoms with van der Waals surface area (Å²) in [5, 5.41) is 9.48. The van der Waals surface area contributed by atoms with E-state index < -0.39 is 23.1 Å². The fourth-order valence-corrected chi connectivity index (χ4v) is 3.51.